The van der Waals surface area contributed by atoms with Gasteiger partial charge in [-0.15, -0.1) is 0 Å². The maximum absolute atomic E-state index is 12.6. The van der Waals surface area contributed by atoms with E-state index in [-0.39, 0.29) is 0 Å². The number of halogens is 3. The van der Waals surface area contributed by atoms with E-state index in [0.29, 0.717) is 17.3 Å². The maximum atomic E-state index is 12.6. The molecule has 0 aliphatic rings. The Kier molecular flexibility index (Phi) is 5.18. The normalized spacial score (nSPS) is 11.5. The van der Waals surface area contributed by atoms with Crippen molar-refractivity contribution in [2.24, 2.45) is 0 Å². The molecule has 0 amide bonds. The van der Waals surface area contributed by atoms with Crippen LogP contribution in [0.15, 0.2) is 48.5 Å². The molecule has 3 rings (SSSR count). The van der Waals surface area contributed by atoms with Crippen molar-refractivity contribution in [2.45, 2.75) is 19.5 Å². The van der Waals surface area contributed by atoms with Crippen LogP contribution in [0.5, 0.6) is 0 Å². The van der Waals surface area contributed by atoms with Gasteiger partial charge in [-0.25, -0.2) is 0 Å². The van der Waals surface area contributed by atoms with Gasteiger partial charge in [0.25, 0.3) is 0 Å². The molecule has 0 unspecified atom stereocenters. The van der Waals surface area contributed by atoms with Crippen molar-refractivity contribution in [1.29, 1.82) is 0 Å². The first-order valence-corrected chi connectivity index (χ1v) is 8.54. The van der Waals surface area contributed by atoms with E-state index in [1.54, 1.807) is 0 Å². The lowest BCUT2D eigenvalue weighted by Gasteiger charge is -2.12. The fourth-order valence-electron chi connectivity index (χ4n) is 2.88. The Labute approximate surface area is 154 Å². The fourth-order valence-corrected chi connectivity index (χ4v) is 3.10. The third-order valence-electron chi connectivity index (χ3n) is 4.16. The first kappa shape index (κ1) is 18.3. The van der Waals surface area contributed by atoms with Crippen LogP contribution in [-0.4, -0.2) is 16.6 Å². The first-order chi connectivity index (χ1) is 12.3. The predicted octanol–water partition coefficient (Wildman–Crippen LogP) is 5.02. The minimum absolute atomic E-state index is 0.377. The van der Waals surface area contributed by atoms with Crippen molar-refractivity contribution in [1.82, 2.24) is 10.3 Å². The number of thiocarbonyl (C=S) groups is 1. The van der Waals surface area contributed by atoms with E-state index in [9.17, 15) is 13.2 Å². The third kappa shape index (κ3) is 4.16. The van der Waals surface area contributed by atoms with E-state index >= 15 is 0 Å². The minimum Gasteiger partial charge on any atom is -0.362 e. The topological polar surface area (TPSA) is 39.9 Å². The van der Waals surface area contributed by atoms with Gasteiger partial charge in [0.2, 0.25) is 0 Å². The van der Waals surface area contributed by atoms with E-state index in [1.807, 2.05) is 25.1 Å². The summed E-state index contributed by atoms with van der Waals surface area (Å²) in [6.07, 6.45) is -3.56. The van der Waals surface area contributed by atoms with Crippen LogP contribution in [-0.2, 0) is 12.6 Å². The van der Waals surface area contributed by atoms with Gasteiger partial charge in [0.15, 0.2) is 5.11 Å². The van der Waals surface area contributed by atoms with Crippen LogP contribution in [0.1, 0.15) is 16.8 Å². The van der Waals surface area contributed by atoms with Crippen molar-refractivity contribution < 1.29 is 13.2 Å². The second-order valence-electron chi connectivity index (χ2n) is 5.98. The largest absolute Gasteiger partial charge is 0.416 e. The molecule has 3 N–H and O–H groups in total. The van der Waals surface area contributed by atoms with E-state index in [4.69, 9.17) is 12.2 Å². The standard InChI is InChI=1S/C19H18F3N3S/c1-12-15(16-4-2-3-5-17(16)24-12)10-11-23-18(26)25-14-8-6-13(7-9-14)19(20,21)22/h2-9,24H,10-11H2,1H3,(H2,23,25,26). The number of hydrogen-bond acceptors (Lipinski definition) is 1. The molecule has 0 radical (unpaired) electrons. The van der Waals surface area contributed by atoms with E-state index in [0.717, 1.165) is 29.8 Å². The number of benzene rings is 2. The number of anilines is 1. The van der Waals surface area contributed by atoms with Crippen molar-refractivity contribution in [3.63, 3.8) is 0 Å². The fraction of sp³-hybridized carbons (Fsp3) is 0.211. The highest BCUT2D eigenvalue weighted by Crippen LogP contribution is 2.29. The number of para-hydroxylation sites is 1. The van der Waals surface area contributed by atoms with Gasteiger partial charge in [-0.3, -0.25) is 0 Å². The average Bonchev–Trinajstić information content (AvgIpc) is 2.90. The van der Waals surface area contributed by atoms with Gasteiger partial charge in [-0.2, -0.15) is 13.2 Å². The number of aryl methyl sites for hydroxylation is 1. The van der Waals surface area contributed by atoms with Crippen molar-refractivity contribution in [3.05, 3.63) is 65.4 Å². The minimum atomic E-state index is -4.34. The summed E-state index contributed by atoms with van der Waals surface area (Å²) in [6.45, 7) is 2.66. The van der Waals surface area contributed by atoms with Crippen LogP contribution < -0.4 is 10.6 Å². The second kappa shape index (κ2) is 7.37. The van der Waals surface area contributed by atoms with Gasteiger partial charge in [0.05, 0.1) is 5.56 Å². The number of nitrogens with one attached hydrogen (secondary N) is 3. The van der Waals surface area contributed by atoms with Crippen molar-refractivity contribution in [3.8, 4) is 0 Å². The average molecular weight is 377 g/mol. The molecule has 7 heteroatoms. The molecule has 0 fully saturated rings. The van der Waals surface area contributed by atoms with Crippen molar-refractivity contribution >= 4 is 33.9 Å². The van der Waals surface area contributed by atoms with Crippen LogP contribution in [0.2, 0.25) is 0 Å². The monoisotopic (exact) mass is 377 g/mol. The van der Waals surface area contributed by atoms with Crippen LogP contribution in [0.25, 0.3) is 10.9 Å². The number of aromatic amines is 1. The van der Waals surface area contributed by atoms with Crippen LogP contribution in [0.3, 0.4) is 0 Å². The maximum Gasteiger partial charge on any atom is 0.416 e. The number of rotatable bonds is 4. The zero-order valence-electron chi connectivity index (χ0n) is 14.1. The number of H-pyrrole nitrogens is 1. The van der Waals surface area contributed by atoms with Crippen molar-refractivity contribution in [2.75, 3.05) is 11.9 Å². The third-order valence-corrected chi connectivity index (χ3v) is 4.40. The molecular formula is C19H18F3N3S. The molecule has 0 saturated heterocycles. The number of fused-ring (bicyclic) bond motifs is 1. The highest BCUT2D eigenvalue weighted by Gasteiger charge is 2.29. The van der Waals surface area contributed by atoms with E-state index in [2.05, 4.69) is 21.7 Å². The van der Waals surface area contributed by atoms with Crippen LogP contribution in [0, 0.1) is 6.92 Å². The molecule has 0 atom stereocenters. The second-order valence-corrected chi connectivity index (χ2v) is 6.39. The molecule has 3 nitrogen and oxygen atoms in total. The Morgan fingerprint density at radius 1 is 1.08 bits per heavy atom. The van der Waals surface area contributed by atoms with Gasteiger partial charge >= 0.3 is 6.18 Å². The van der Waals surface area contributed by atoms with Crippen LogP contribution in [0.4, 0.5) is 18.9 Å². The lowest BCUT2D eigenvalue weighted by Crippen LogP contribution is -2.30. The Bertz CT molecular complexity index is 914. The number of hydrogen-bond donors (Lipinski definition) is 3. The van der Waals surface area contributed by atoms with E-state index < -0.39 is 11.7 Å². The summed E-state index contributed by atoms with van der Waals surface area (Å²) in [5.41, 5.74) is 3.28. The highest BCUT2D eigenvalue weighted by molar-refractivity contribution is 7.80. The summed E-state index contributed by atoms with van der Waals surface area (Å²) in [5.74, 6) is 0. The molecule has 0 spiro atoms. The van der Waals surface area contributed by atoms with Gasteiger partial charge in [0.1, 0.15) is 0 Å². The molecular weight excluding hydrogens is 359 g/mol. The molecule has 0 aliphatic carbocycles. The van der Waals surface area contributed by atoms with Gasteiger partial charge in [0, 0.05) is 28.8 Å². The zero-order valence-corrected chi connectivity index (χ0v) is 14.9. The number of alkyl halides is 3. The highest BCUT2D eigenvalue weighted by atomic mass is 32.1. The molecule has 26 heavy (non-hydrogen) atoms. The lowest BCUT2D eigenvalue weighted by atomic mass is 10.1. The van der Waals surface area contributed by atoms with Gasteiger partial charge in [-0.05, 0) is 61.5 Å². The summed E-state index contributed by atoms with van der Waals surface area (Å²) >= 11 is 5.21. The molecule has 136 valence electrons. The lowest BCUT2D eigenvalue weighted by molar-refractivity contribution is -0.137. The van der Waals surface area contributed by atoms with Crippen LogP contribution >= 0.6 is 12.2 Å². The molecule has 2 aromatic carbocycles. The molecule has 1 heterocycles. The first-order valence-electron chi connectivity index (χ1n) is 8.13. The Morgan fingerprint density at radius 2 is 1.77 bits per heavy atom. The quantitative estimate of drug-likeness (QED) is 0.559. The molecule has 3 aromatic rings. The zero-order chi connectivity index (χ0) is 18.7. The molecule has 1 aromatic heterocycles. The Hall–Kier alpha value is -2.54. The Balaban J connectivity index is 1.55. The predicted molar refractivity (Wildman–Crippen MR) is 102 cm³/mol. The summed E-state index contributed by atoms with van der Waals surface area (Å²) < 4.78 is 37.7. The summed E-state index contributed by atoms with van der Waals surface area (Å²) in [5, 5.41) is 7.55. The molecule has 0 bridgehead atoms. The van der Waals surface area contributed by atoms with E-state index in [1.165, 1.54) is 23.1 Å². The van der Waals surface area contributed by atoms with Gasteiger partial charge in [-0.1, -0.05) is 18.2 Å². The number of aromatic nitrogens is 1. The summed E-state index contributed by atoms with van der Waals surface area (Å²) in [6, 6.07) is 12.9. The summed E-state index contributed by atoms with van der Waals surface area (Å²) in [7, 11) is 0. The van der Waals surface area contributed by atoms with Gasteiger partial charge < -0.3 is 15.6 Å². The molecule has 0 aliphatic heterocycles. The SMILES string of the molecule is Cc1[nH]c2ccccc2c1CCNC(=S)Nc1ccc(C(F)(F)F)cc1. The smallest absolute Gasteiger partial charge is 0.362 e. The Morgan fingerprint density at radius 3 is 2.46 bits per heavy atom. The summed E-state index contributed by atoms with van der Waals surface area (Å²) in [4.78, 5) is 3.35. The molecule has 0 saturated carbocycles.